The minimum Gasteiger partial charge on any atom is -0.461 e. The number of hydrogen-bond donors (Lipinski definition) is 0. The van der Waals surface area contributed by atoms with E-state index in [9.17, 15) is 4.79 Å². The minimum atomic E-state index is -0.0244. The lowest BCUT2D eigenvalue weighted by Crippen LogP contribution is -2.48. The molecular formula is C16H26O2. The fraction of sp³-hybridized carbons (Fsp3) is 0.812. The van der Waals surface area contributed by atoms with Gasteiger partial charge in [-0.25, -0.2) is 0 Å². The van der Waals surface area contributed by atoms with Crippen LogP contribution in [0, 0.1) is 17.3 Å². The Morgan fingerprint density at radius 2 is 2.22 bits per heavy atom. The third-order valence-electron chi connectivity index (χ3n) is 4.97. The Bertz CT molecular complexity index is 341. The maximum absolute atomic E-state index is 11.6. The Hall–Kier alpha value is -0.790. The Morgan fingerprint density at radius 3 is 2.83 bits per heavy atom. The molecule has 0 heterocycles. The second-order valence-electron chi connectivity index (χ2n) is 6.44. The first kappa shape index (κ1) is 13.6. The van der Waals surface area contributed by atoms with Gasteiger partial charge < -0.3 is 4.74 Å². The van der Waals surface area contributed by atoms with Crippen molar-refractivity contribution in [3.63, 3.8) is 0 Å². The summed E-state index contributed by atoms with van der Waals surface area (Å²) in [6, 6.07) is 0. The van der Waals surface area contributed by atoms with Gasteiger partial charge in [-0.2, -0.15) is 0 Å². The van der Waals surface area contributed by atoms with Gasteiger partial charge >= 0.3 is 5.97 Å². The molecule has 3 rings (SSSR count). The highest BCUT2D eigenvalue weighted by atomic mass is 16.5. The molecular weight excluding hydrogens is 224 g/mol. The van der Waals surface area contributed by atoms with E-state index in [4.69, 9.17) is 4.74 Å². The van der Waals surface area contributed by atoms with Gasteiger partial charge in [0.05, 0.1) is 0 Å². The Balaban J connectivity index is 1.74. The predicted octanol–water partition coefficient (Wildman–Crippen LogP) is 4.10. The van der Waals surface area contributed by atoms with Crippen LogP contribution in [0.1, 0.15) is 59.3 Å². The molecule has 2 atom stereocenters. The van der Waals surface area contributed by atoms with E-state index in [0.717, 1.165) is 25.2 Å². The van der Waals surface area contributed by atoms with Crippen LogP contribution in [0.15, 0.2) is 11.6 Å². The van der Waals surface area contributed by atoms with Crippen LogP contribution in [0.5, 0.6) is 0 Å². The second-order valence-corrected chi connectivity index (χ2v) is 6.44. The summed E-state index contributed by atoms with van der Waals surface area (Å²) < 4.78 is 5.41. The van der Waals surface area contributed by atoms with Crippen molar-refractivity contribution in [2.24, 2.45) is 17.3 Å². The second kappa shape index (κ2) is 5.46. The fourth-order valence-electron chi connectivity index (χ4n) is 3.40. The van der Waals surface area contributed by atoms with Crippen LogP contribution < -0.4 is 0 Å². The Labute approximate surface area is 111 Å². The van der Waals surface area contributed by atoms with Crippen molar-refractivity contribution < 1.29 is 9.53 Å². The number of rotatable bonds is 6. The highest BCUT2D eigenvalue weighted by molar-refractivity contribution is 5.69. The zero-order valence-electron chi connectivity index (χ0n) is 12.0. The van der Waals surface area contributed by atoms with Gasteiger partial charge in [-0.3, -0.25) is 4.79 Å². The summed E-state index contributed by atoms with van der Waals surface area (Å²) in [6.07, 6.45) is 8.59. The van der Waals surface area contributed by atoms with Crippen LogP contribution in [-0.4, -0.2) is 12.6 Å². The molecule has 0 aromatic rings. The number of allylic oxidation sites excluding steroid dienone is 1. The van der Waals surface area contributed by atoms with Crippen LogP contribution in [0.25, 0.3) is 0 Å². The zero-order valence-corrected chi connectivity index (χ0v) is 12.0. The van der Waals surface area contributed by atoms with Crippen LogP contribution in [0.3, 0.4) is 0 Å². The van der Waals surface area contributed by atoms with Crippen molar-refractivity contribution in [3.8, 4) is 0 Å². The number of ether oxygens (including phenoxy) is 1. The molecule has 2 unspecified atom stereocenters. The molecule has 2 heteroatoms. The van der Waals surface area contributed by atoms with Gasteiger partial charge in [0.2, 0.25) is 0 Å². The largest absolute Gasteiger partial charge is 0.461 e. The first-order valence-corrected chi connectivity index (χ1v) is 7.40. The van der Waals surface area contributed by atoms with E-state index in [1.165, 1.54) is 18.4 Å². The van der Waals surface area contributed by atoms with Gasteiger partial charge in [-0.05, 0) is 42.1 Å². The molecule has 3 aliphatic rings. The molecule has 3 aliphatic carbocycles. The van der Waals surface area contributed by atoms with Crippen LogP contribution in [0.4, 0.5) is 0 Å². The SMILES string of the molecule is CCCCCC(=O)OCC1=CCC2CC1C2(C)C. The summed E-state index contributed by atoms with van der Waals surface area (Å²) in [5.74, 6) is 1.48. The summed E-state index contributed by atoms with van der Waals surface area (Å²) in [4.78, 5) is 11.6. The van der Waals surface area contributed by atoms with Crippen molar-refractivity contribution in [2.75, 3.05) is 6.61 Å². The van der Waals surface area contributed by atoms with Crippen molar-refractivity contribution in [3.05, 3.63) is 11.6 Å². The van der Waals surface area contributed by atoms with E-state index in [-0.39, 0.29) is 5.97 Å². The highest BCUT2D eigenvalue weighted by Crippen LogP contribution is 2.59. The van der Waals surface area contributed by atoms with E-state index in [1.54, 1.807) is 0 Å². The molecule has 0 aromatic carbocycles. The van der Waals surface area contributed by atoms with Crippen molar-refractivity contribution in [2.45, 2.75) is 59.3 Å². The minimum absolute atomic E-state index is 0.0244. The molecule has 2 bridgehead atoms. The molecule has 0 saturated heterocycles. The predicted molar refractivity (Wildman–Crippen MR) is 73.2 cm³/mol. The van der Waals surface area contributed by atoms with Crippen molar-refractivity contribution >= 4 is 5.97 Å². The fourth-order valence-corrected chi connectivity index (χ4v) is 3.40. The first-order chi connectivity index (χ1) is 8.55. The standard InChI is InChI=1S/C16H26O2/c1-4-5-6-7-15(17)18-11-12-8-9-13-10-14(12)16(13,2)3/h8,13-14H,4-7,9-11H2,1-3H3. The maximum atomic E-state index is 11.6. The normalized spacial score (nSPS) is 28.3. The lowest BCUT2D eigenvalue weighted by molar-refractivity contribution is -0.143. The maximum Gasteiger partial charge on any atom is 0.306 e. The summed E-state index contributed by atoms with van der Waals surface area (Å²) in [5, 5.41) is 0. The molecule has 0 aromatic heterocycles. The number of carbonyl (C=O) groups excluding carboxylic acids is 1. The van der Waals surface area contributed by atoms with Crippen molar-refractivity contribution in [1.29, 1.82) is 0 Å². The van der Waals surface area contributed by atoms with E-state index in [2.05, 4.69) is 26.8 Å². The van der Waals surface area contributed by atoms with Gasteiger partial charge in [0.1, 0.15) is 6.61 Å². The van der Waals surface area contributed by atoms with Crippen LogP contribution in [0.2, 0.25) is 0 Å². The van der Waals surface area contributed by atoms with Gasteiger partial charge in [-0.15, -0.1) is 0 Å². The molecule has 0 N–H and O–H groups in total. The van der Waals surface area contributed by atoms with Gasteiger partial charge in [0, 0.05) is 6.42 Å². The van der Waals surface area contributed by atoms with E-state index >= 15 is 0 Å². The van der Waals surface area contributed by atoms with Gasteiger partial charge in [0.15, 0.2) is 0 Å². The molecule has 1 fully saturated rings. The van der Waals surface area contributed by atoms with E-state index in [1.807, 2.05) is 0 Å². The quantitative estimate of drug-likeness (QED) is 0.403. The monoisotopic (exact) mass is 250 g/mol. The topological polar surface area (TPSA) is 26.3 Å². The number of esters is 1. The smallest absolute Gasteiger partial charge is 0.306 e. The summed E-state index contributed by atoms with van der Waals surface area (Å²) in [5.41, 5.74) is 1.80. The molecule has 1 saturated carbocycles. The third kappa shape index (κ3) is 2.62. The Morgan fingerprint density at radius 1 is 1.44 bits per heavy atom. The molecule has 18 heavy (non-hydrogen) atoms. The lowest BCUT2D eigenvalue weighted by atomic mass is 9.49. The molecule has 0 spiro atoms. The number of fused-ring (bicyclic) bond motifs is 1. The zero-order chi connectivity index (χ0) is 13.2. The Kier molecular flexibility index (Phi) is 4.14. The van der Waals surface area contributed by atoms with Crippen LogP contribution >= 0.6 is 0 Å². The molecule has 0 radical (unpaired) electrons. The average molecular weight is 250 g/mol. The first-order valence-electron chi connectivity index (χ1n) is 7.40. The molecule has 0 aliphatic heterocycles. The van der Waals surface area contributed by atoms with E-state index < -0.39 is 0 Å². The summed E-state index contributed by atoms with van der Waals surface area (Å²) in [7, 11) is 0. The van der Waals surface area contributed by atoms with Crippen molar-refractivity contribution in [1.82, 2.24) is 0 Å². The number of carbonyl (C=O) groups is 1. The van der Waals surface area contributed by atoms with E-state index in [0.29, 0.717) is 24.4 Å². The van der Waals surface area contributed by atoms with Gasteiger partial charge in [0.25, 0.3) is 0 Å². The van der Waals surface area contributed by atoms with Gasteiger partial charge in [-0.1, -0.05) is 39.7 Å². The third-order valence-corrected chi connectivity index (χ3v) is 4.97. The lowest BCUT2D eigenvalue weighted by Gasteiger charge is -2.56. The molecule has 2 nitrogen and oxygen atoms in total. The number of hydrogen-bond acceptors (Lipinski definition) is 2. The summed E-state index contributed by atoms with van der Waals surface area (Å²) in [6.45, 7) is 7.38. The average Bonchev–Trinajstić information content (AvgIpc) is 2.36. The number of unbranched alkanes of at least 4 members (excludes halogenated alkanes) is 2. The highest BCUT2D eigenvalue weighted by Gasteiger charge is 2.51. The summed E-state index contributed by atoms with van der Waals surface area (Å²) >= 11 is 0. The molecule has 0 amide bonds. The molecule has 102 valence electrons. The van der Waals surface area contributed by atoms with Crippen LogP contribution in [-0.2, 0) is 9.53 Å².